The monoisotopic (exact) mass is 236 g/mol. The second-order valence-corrected chi connectivity index (χ2v) is 4.33. The van der Waals surface area contributed by atoms with Crippen LogP contribution in [0, 0.1) is 13.8 Å². The predicted molar refractivity (Wildman–Crippen MR) is 67.2 cm³/mol. The van der Waals surface area contributed by atoms with E-state index in [0.717, 1.165) is 29.5 Å². The van der Waals surface area contributed by atoms with Crippen molar-refractivity contribution in [2.24, 2.45) is 0 Å². The molecule has 0 atom stereocenters. The fourth-order valence-electron chi connectivity index (χ4n) is 1.70. The van der Waals surface area contributed by atoms with Gasteiger partial charge >= 0.3 is 5.97 Å². The number of hydrogen-bond donors (Lipinski definition) is 1. The van der Waals surface area contributed by atoms with Crippen LogP contribution in [0.2, 0.25) is 0 Å². The quantitative estimate of drug-likeness (QED) is 0.631. The van der Waals surface area contributed by atoms with Crippen molar-refractivity contribution in [3.63, 3.8) is 0 Å². The third-order valence-electron chi connectivity index (χ3n) is 2.66. The van der Waals surface area contributed by atoms with Crippen LogP contribution in [0.25, 0.3) is 0 Å². The van der Waals surface area contributed by atoms with Gasteiger partial charge in [0.15, 0.2) is 0 Å². The summed E-state index contributed by atoms with van der Waals surface area (Å²) in [5, 5.41) is 9.62. The molecule has 0 amide bonds. The zero-order valence-corrected chi connectivity index (χ0v) is 10.7. The second kappa shape index (κ2) is 6.28. The van der Waals surface area contributed by atoms with Crippen LogP contribution in [0.3, 0.4) is 0 Å². The zero-order valence-electron chi connectivity index (χ0n) is 10.7. The number of benzene rings is 1. The Bertz CT molecular complexity index is 373. The lowest BCUT2D eigenvalue weighted by Gasteiger charge is -2.08. The minimum atomic E-state index is -0.206. The number of ether oxygens (including phenoxy) is 1. The van der Waals surface area contributed by atoms with Crippen molar-refractivity contribution in [2.45, 2.75) is 40.0 Å². The number of carbonyl (C=O) groups excluding carboxylic acids is 1. The highest BCUT2D eigenvalue weighted by molar-refractivity contribution is 5.72. The lowest BCUT2D eigenvalue weighted by molar-refractivity contribution is -0.142. The summed E-state index contributed by atoms with van der Waals surface area (Å²) in [6.45, 7) is 6.20. The van der Waals surface area contributed by atoms with Gasteiger partial charge in [-0.25, -0.2) is 0 Å². The van der Waals surface area contributed by atoms with Gasteiger partial charge in [0.25, 0.3) is 0 Å². The maximum Gasteiger partial charge on any atom is 0.310 e. The molecule has 0 heterocycles. The summed E-state index contributed by atoms with van der Waals surface area (Å²) in [7, 11) is 0. The Labute approximate surface area is 102 Å². The fourth-order valence-corrected chi connectivity index (χ4v) is 1.70. The van der Waals surface area contributed by atoms with Gasteiger partial charge in [0.1, 0.15) is 5.75 Å². The van der Waals surface area contributed by atoms with Crippen LogP contribution in [0.4, 0.5) is 0 Å². The number of phenolic OH excluding ortho intramolecular Hbond substituents is 1. The summed E-state index contributed by atoms with van der Waals surface area (Å²) >= 11 is 0. The number of phenols is 1. The van der Waals surface area contributed by atoms with Crippen LogP contribution in [-0.4, -0.2) is 17.7 Å². The number of unbranched alkanes of at least 4 members (excludes halogenated alkanes) is 1. The van der Waals surface area contributed by atoms with Crippen LogP contribution in [0.1, 0.15) is 36.5 Å². The van der Waals surface area contributed by atoms with Gasteiger partial charge in [-0.2, -0.15) is 0 Å². The molecule has 1 aromatic carbocycles. The van der Waals surface area contributed by atoms with E-state index in [1.165, 1.54) is 0 Å². The number of rotatable bonds is 5. The average Bonchev–Trinajstić information content (AvgIpc) is 2.26. The van der Waals surface area contributed by atoms with Crippen molar-refractivity contribution < 1.29 is 14.6 Å². The topological polar surface area (TPSA) is 46.5 Å². The number of aryl methyl sites for hydroxylation is 2. The van der Waals surface area contributed by atoms with Crippen molar-refractivity contribution in [2.75, 3.05) is 6.61 Å². The summed E-state index contributed by atoms with van der Waals surface area (Å²) in [4.78, 5) is 11.5. The van der Waals surface area contributed by atoms with E-state index in [1.807, 2.05) is 26.0 Å². The van der Waals surface area contributed by atoms with E-state index in [0.29, 0.717) is 12.4 Å². The minimum Gasteiger partial charge on any atom is -0.507 e. The van der Waals surface area contributed by atoms with Gasteiger partial charge in [0.05, 0.1) is 13.0 Å². The molecule has 0 aliphatic rings. The number of aromatic hydroxyl groups is 1. The van der Waals surface area contributed by atoms with Crippen molar-refractivity contribution in [1.29, 1.82) is 0 Å². The Morgan fingerprint density at radius 2 is 1.88 bits per heavy atom. The predicted octanol–water partition coefficient (Wildman–Crippen LogP) is 2.89. The van der Waals surface area contributed by atoms with Gasteiger partial charge in [-0.05, 0) is 37.0 Å². The molecule has 17 heavy (non-hydrogen) atoms. The molecule has 0 bridgehead atoms. The molecular weight excluding hydrogens is 216 g/mol. The lowest BCUT2D eigenvalue weighted by Crippen LogP contribution is -2.09. The van der Waals surface area contributed by atoms with E-state index in [1.54, 1.807) is 0 Å². The molecule has 0 aliphatic carbocycles. The van der Waals surface area contributed by atoms with Crippen molar-refractivity contribution in [3.05, 3.63) is 28.8 Å². The average molecular weight is 236 g/mol. The third kappa shape index (κ3) is 4.10. The van der Waals surface area contributed by atoms with Gasteiger partial charge in [-0.3, -0.25) is 4.79 Å². The first-order chi connectivity index (χ1) is 8.04. The molecule has 3 heteroatoms. The van der Waals surface area contributed by atoms with Gasteiger partial charge in [-0.15, -0.1) is 0 Å². The largest absolute Gasteiger partial charge is 0.507 e. The molecule has 0 saturated heterocycles. The number of carbonyl (C=O) groups is 1. The third-order valence-corrected chi connectivity index (χ3v) is 2.66. The summed E-state index contributed by atoms with van der Waals surface area (Å²) in [5.41, 5.74) is 2.47. The Kier molecular flexibility index (Phi) is 5.01. The first kappa shape index (κ1) is 13.6. The van der Waals surface area contributed by atoms with Crippen LogP contribution >= 0.6 is 0 Å². The summed E-state index contributed by atoms with van der Waals surface area (Å²) < 4.78 is 5.09. The highest BCUT2D eigenvalue weighted by atomic mass is 16.5. The SMILES string of the molecule is CCCCOC(=O)Cc1cc(C)c(O)c(C)c1. The van der Waals surface area contributed by atoms with E-state index in [4.69, 9.17) is 4.74 Å². The van der Waals surface area contributed by atoms with Crippen molar-refractivity contribution in [1.82, 2.24) is 0 Å². The lowest BCUT2D eigenvalue weighted by atomic mass is 10.0. The van der Waals surface area contributed by atoms with Crippen LogP contribution < -0.4 is 0 Å². The molecule has 0 aliphatic heterocycles. The molecule has 1 aromatic rings. The van der Waals surface area contributed by atoms with E-state index < -0.39 is 0 Å². The van der Waals surface area contributed by atoms with Crippen LogP contribution in [0.5, 0.6) is 5.75 Å². The Morgan fingerprint density at radius 1 is 1.29 bits per heavy atom. The van der Waals surface area contributed by atoms with E-state index >= 15 is 0 Å². The first-order valence-corrected chi connectivity index (χ1v) is 5.99. The molecule has 0 saturated carbocycles. The summed E-state index contributed by atoms with van der Waals surface area (Å²) in [6.07, 6.45) is 2.19. The Balaban J connectivity index is 2.60. The minimum absolute atomic E-state index is 0.206. The van der Waals surface area contributed by atoms with Crippen molar-refractivity contribution >= 4 is 5.97 Å². The number of hydrogen-bond acceptors (Lipinski definition) is 3. The Hall–Kier alpha value is -1.51. The van der Waals surface area contributed by atoms with Gasteiger partial charge in [-0.1, -0.05) is 25.5 Å². The highest BCUT2D eigenvalue weighted by Gasteiger charge is 2.08. The van der Waals surface area contributed by atoms with Crippen LogP contribution in [0.15, 0.2) is 12.1 Å². The molecule has 3 nitrogen and oxygen atoms in total. The number of esters is 1. The van der Waals surface area contributed by atoms with E-state index in [2.05, 4.69) is 6.92 Å². The second-order valence-electron chi connectivity index (χ2n) is 4.33. The molecule has 0 aromatic heterocycles. The first-order valence-electron chi connectivity index (χ1n) is 5.99. The van der Waals surface area contributed by atoms with E-state index in [9.17, 15) is 9.90 Å². The zero-order chi connectivity index (χ0) is 12.8. The molecule has 94 valence electrons. The van der Waals surface area contributed by atoms with Crippen LogP contribution in [-0.2, 0) is 16.0 Å². The van der Waals surface area contributed by atoms with Gasteiger partial charge in [0, 0.05) is 0 Å². The molecule has 1 rings (SSSR count). The molecule has 0 fully saturated rings. The van der Waals surface area contributed by atoms with Gasteiger partial charge < -0.3 is 9.84 Å². The smallest absolute Gasteiger partial charge is 0.310 e. The maximum absolute atomic E-state index is 11.5. The fraction of sp³-hybridized carbons (Fsp3) is 0.500. The van der Waals surface area contributed by atoms with E-state index in [-0.39, 0.29) is 12.4 Å². The van der Waals surface area contributed by atoms with Crippen molar-refractivity contribution in [3.8, 4) is 5.75 Å². The maximum atomic E-state index is 11.5. The molecule has 0 radical (unpaired) electrons. The highest BCUT2D eigenvalue weighted by Crippen LogP contribution is 2.23. The van der Waals surface area contributed by atoms with Gasteiger partial charge in [0.2, 0.25) is 0 Å². The standard InChI is InChI=1S/C14H20O3/c1-4-5-6-17-13(15)9-12-7-10(2)14(16)11(3)8-12/h7-8,16H,4-6,9H2,1-3H3. The summed E-state index contributed by atoms with van der Waals surface area (Å²) in [6, 6.07) is 3.65. The normalized spacial score (nSPS) is 10.3. The molecule has 1 N–H and O–H groups in total. The molecule has 0 spiro atoms. The summed E-state index contributed by atoms with van der Waals surface area (Å²) in [5.74, 6) is 0.0936. The molecule has 0 unspecified atom stereocenters. The molecular formula is C14H20O3. The Morgan fingerprint density at radius 3 is 2.41 bits per heavy atom.